The molecular formula is C24H25ClN6O4S. The van der Waals surface area contributed by atoms with Gasteiger partial charge in [0.05, 0.1) is 24.2 Å². The summed E-state index contributed by atoms with van der Waals surface area (Å²) in [5, 5.41) is 17.5. The number of ether oxygens (including phenoxy) is 1. The zero-order valence-electron chi connectivity index (χ0n) is 19.9. The zero-order chi connectivity index (χ0) is 25.8. The molecule has 0 spiro atoms. The number of anilines is 1. The van der Waals surface area contributed by atoms with Gasteiger partial charge >= 0.3 is 6.03 Å². The lowest BCUT2D eigenvalue weighted by atomic mass is 10.1. The van der Waals surface area contributed by atoms with Crippen molar-refractivity contribution in [1.82, 2.24) is 25.4 Å². The summed E-state index contributed by atoms with van der Waals surface area (Å²) in [5.74, 6) is 0.514. The first-order chi connectivity index (χ1) is 17.2. The van der Waals surface area contributed by atoms with E-state index in [-0.39, 0.29) is 24.0 Å². The van der Waals surface area contributed by atoms with Crippen molar-refractivity contribution in [1.29, 1.82) is 0 Å². The molecule has 2 aromatic carbocycles. The van der Waals surface area contributed by atoms with Gasteiger partial charge in [0.15, 0.2) is 5.16 Å². The first-order valence-electron chi connectivity index (χ1n) is 11.1. The number of nitrogens with zero attached hydrogens (tertiary/aromatic N) is 3. The second-order valence-corrected chi connectivity index (χ2v) is 9.71. The summed E-state index contributed by atoms with van der Waals surface area (Å²) in [4.78, 5) is 36.4. The molecule has 1 aliphatic heterocycles. The number of nitrogens with one attached hydrogen (secondary N) is 3. The highest BCUT2D eigenvalue weighted by Crippen LogP contribution is 2.29. The number of benzene rings is 2. The van der Waals surface area contributed by atoms with Crippen molar-refractivity contribution in [3.63, 3.8) is 0 Å². The first kappa shape index (κ1) is 25.5. The topological polar surface area (TPSA) is 127 Å². The Kier molecular flexibility index (Phi) is 7.80. The van der Waals surface area contributed by atoms with Gasteiger partial charge in [-0.25, -0.2) is 4.79 Å². The highest BCUT2D eigenvalue weighted by atomic mass is 35.5. The van der Waals surface area contributed by atoms with Gasteiger partial charge in [-0.3, -0.25) is 19.5 Å². The fourth-order valence-electron chi connectivity index (χ4n) is 3.84. The van der Waals surface area contributed by atoms with Gasteiger partial charge in [-0.2, -0.15) is 0 Å². The monoisotopic (exact) mass is 528 g/mol. The van der Waals surface area contributed by atoms with Crippen LogP contribution in [0.15, 0.2) is 41.6 Å². The molecule has 1 atom stereocenters. The molecule has 0 radical (unpaired) electrons. The molecule has 3 N–H and O–H groups in total. The average molecular weight is 529 g/mol. The number of methoxy groups -OCH3 is 1. The lowest BCUT2D eigenvalue weighted by Crippen LogP contribution is -2.53. The molecule has 2 heterocycles. The SMILES string of the molecule is COc1ccc(Cl)cc1NC(=O)CSc1nnc(CC2CC(=O)NC(=O)N2)n1-c1cc(C)ccc1C. The number of halogens is 1. The van der Waals surface area contributed by atoms with Crippen molar-refractivity contribution >= 4 is 46.9 Å². The third-order valence-electron chi connectivity index (χ3n) is 5.52. The third-order valence-corrected chi connectivity index (χ3v) is 6.69. The van der Waals surface area contributed by atoms with E-state index in [4.69, 9.17) is 16.3 Å². The van der Waals surface area contributed by atoms with Crippen LogP contribution in [0.3, 0.4) is 0 Å². The number of aryl methyl sites for hydroxylation is 2. The molecule has 0 bridgehead atoms. The number of hydrogen-bond donors (Lipinski definition) is 3. The number of imide groups is 1. The molecule has 0 aliphatic carbocycles. The van der Waals surface area contributed by atoms with Crippen LogP contribution < -0.4 is 20.7 Å². The minimum Gasteiger partial charge on any atom is -0.495 e. The van der Waals surface area contributed by atoms with E-state index in [0.29, 0.717) is 33.9 Å². The predicted octanol–water partition coefficient (Wildman–Crippen LogP) is 3.42. The van der Waals surface area contributed by atoms with Crippen molar-refractivity contribution in [2.45, 2.75) is 37.9 Å². The minimum atomic E-state index is -0.531. The molecule has 1 aromatic heterocycles. The maximum absolute atomic E-state index is 12.8. The molecule has 188 valence electrons. The van der Waals surface area contributed by atoms with E-state index in [1.807, 2.05) is 36.6 Å². The second kappa shape index (κ2) is 11.0. The Morgan fingerprint density at radius 2 is 2.03 bits per heavy atom. The number of amides is 4. The lowest BCUT2D eigenvalue weighted by molar-refractivity contribution is -0.121. The molecule has 1 aliphatic rings. The van der Waals surface area contributed by atoms with Crippen LogP contribution >= 0.6 is 23.4 Å². The van der Waals surface area contributed by atoms with E-state index in [1.54, 1.807) is 18.2 Å². The van der Waals surface area contributed by atoms with Gasteiger partial charge in [0.1, 0.15) is 11.6 Å². The zero-order valence-corrected chi connectivity index (χ0v) is 21.5. The van der Waals surface area contributed by atoms with E-state index in [0.717, 1.165) is 16.8 Å². The highest BCUT2D eigenvalue weighted by Gasteiger charge is 2.27. The van der Waals surface area contributed by atoms with Gasteiger partial charge in [-0.1, -0.05) is 35.5 Å². The van der Waals surface area contributed by atoms with Crippen LogP contribution in [0.1, 0.15) is 23.4 Å². The smallest absolute Gasteiger partial charge is 0.321 e. The largest absolute Gasteiger partial charge is 0.495 e. The van der Waals surface area contributed by atoms with Crippen LogP contribution in [-0.4, -0.2) is 51.5 Å². The third kappa shape index (κ3) is 5.97. The molecule has 1 saturated heterocycles. The van der Waals surface area contributed by atoms with Crippen LogP contribution in [0, 0.1) is 13.8 Å². The number of aromatic nitrogens is 3. The predicted molar refractivity (Wildman–Crippen MR) is 137 cm³/mol. The Hall–Kier alpha value is -3.57. The van der Waals surface area contributed by atoms with Gasteiger partial charge in [-0.05, 0) is 49.2 Å². The summed E-state index contributed by atoms with van der Waals surface area (Å²) < 4.78 is 7.16. The molecule has 4 amide bonds. The maximum atomic E-state index is 12.8. The summed E-state index contributed by atoms with van der Waals surface area (Å²) in [5.41, 5.74) is 3.36. The van der Waals surface area contributed by atoms with E-state index < -0.39 is 12.1 Å². The van der Waals surface area contributed by atoms with Crippen molar-refractivity contribution in [2.24, 2.45) is 0 Å². The van der Waals surface area contributed by atoms with Gasteiger partial charge in [0.2, 0.25) is 11.8 Å². The highest BCUT2D eigenvalue weighted by molar-refractivity contribution is 7.99. The molecule has 1 unspecified atom stereocenters. The fourth-order valence-corrected chi connectivity index (χ4v) is 4.78. The summed E-state index contributed by atoms with van der Waals surface area (Å²) >= 11 is 7.28. The van der Waals surface area contributed by atoms with E-state index in [1.165, 1.54) is 18.9 Å². The molecule has 10 nitrogen and oxygen atoms in total. The van der Waals surface area contributed by atoms with Crippen molar-refractivity contribution in [2.75, 3.05) is 18.2 Å². The number of rotatable bonds is 8. The van der Waals surface area contributed by atoms with Crippen molar-refractivity contribution < 1.29 is 19.1 Å². The Bertz CT molecular complexity index is 1310. The van der Waals surface area contributed by atoms with Crippen LogP contribution in [0.25, 0.3) is 5.69 Å². The number of urea groups is 1. The Labute approximate surface area is 217 Å². The van der Waals surface area contributed by atoms with Crippen molar-refractivity contribution in [3.8, 4) is 11.4 Å². The molecule has 3 aromatic rings. The number of carbonyl (C=O) groups excluding carboxylic acids is 3. The van der Waals surface area contributed by atoms with E-state index in [2.05, 4.69) is 26.1 Å². The van der Waals surface area contributed by atoms with Gasteiger partial charge in [0, 0.05) is 23.9 Å². The molecule has 4 rings (SSSR count). The normalized spacial score (nSPS) is 15.3. The summed E-state index contributed by atoms with van der Waals surface area (Å²) in [6.45, 7) is 3.96. The van der Waals surface area contributed by atoms with Crippen LogP contribution in [0.5, 0.6) is 5.75 Å². The second-order valence-electron chi connectivity index (χ2n) is 8.33. The number of hydrogen-bond acceptors (Lipinski definition) is 7. The summed E-state index contributed by atoms with van der Waals surface area (Å²) in [6.07, 6.45) is 0.434. The number of thioether (sulfide) groups is 1. The van der Waals surface area contributed by atoms with Gasteiger partial charge in [-0.15, -0.1) is 10.2 Å². The molecule has 0 saturated carbocycles. The molecular weight excluding hydrogens is 504 g/mol. The van der Waals surface area contributed by atoms with Crippen LogP contribution in [0.2, 0.25) is 5.02 Å². The van der Waals surface area contributed by atoms with Gasteiger partial charge < -0.3 is 15.4 Å². The minimum absolute atomic E-state index is 0.0568. The Balaban J connectivity index is 1.58. The molecule has 1 fully saturated rings. The quantitative estimate of drug-likeness (QED) is 0.382. The summed E-state index contributed by atoms with van der Waals surface area (Å²) in [7, 11) is 1.51. The standard InChI is InChI=1S/C24H25ClN6O4S/c1-13-4-5-14(2)18(8-13)31-20(10-16-11-21(32)28-23(34)26-16)29-30-24(31)36-12-22(33)27-17-9-15(25)6-7-19(17)35-3/h4-9,16H,10-12H2,1-3H3,(H,27,33)(H2,26,28,32,34). The first-order valence-corrected chi connectivity index (χ1v) is 12.5. The van der Waals surface area contributed by atoms with Gasteiger partial charge in [0.25, 0.3) is 0 Å². The number of carbonyl (C=O) groups is 3. The Morgan fingerprint density at radius 3 is 2.78 bits per heavy atom. The lowest BCUT2D eigenvalue weighted by Gasteiger charge is -2.23. The Morgan fingerprint density at radius 1 is 1.22 bits per heavy atom. The molecule has 36 heavy (non-hydrogen) atoms. The summed E-state index contributed by atoms with van der Waals surface area (Å²) in [6, 6.07) is 10.0. The van der Waals surface area contributed by atoms with Crippen molar-refractivity contribution in [3.05, 3.63) is 58.4 Å². The molecule has 12 heteroatoms. The average Bonchev–Trinajstić information content (AvgIpc) is 3.20. The van der Waals surface area contributed by atoms with Crippen LogP contribution in [0.4, 0.5) is 10.5 Å². The van der Waals surface area contributed by atoms with E-state index in [9.17, 15) is 14.4 Å². The van der Waals surface area contributed by atoms with Crippen LogP contribution in [-0.2, 0) is 16.0 Å². The fraction of sp³-hybridized carbons (Fsp3) is 0.292. The van der Waals surface area contributed by atoms with E-state index >= 15 is 0 Å². The maximum Gasteiger partial charge on any atom is 0.321 e.